The zero-order chi connectivity index (χ0) is 19.2. The van der Waals surface area contributed by atoms with Crippen molar-refractivity contribution in [1.82, 2.24) is 30.0 Å². The summed E-state index contributed by atoms with van der Waals surface area (Å²) in [5.74, 6) is 1.34. The van der Waals surface area contributed by atoms with Gasteiger partial charge in [-0.3, -0.25) is 9.59 Å². The number of hydrogen-bond acceptors (Lipinski definition) is 8. The van der Waals surface area contributed by atoms with E-state index in [1.165, 1.54) is 24.8 Å². The maximum absolute atomic E-state index is 12.1. The average Bonchev–Trinajstić information content (AvgIpc) is 2.68. The molecule has 0 unspecified atom stereocenters. The van der Waals surface area contributed by atoms with Crippen LogP contribution in [0.4, 0.5) is 11.9 Å². The fraction of sp³-hybridized carbons (Fsp3) is 0.529. The highest BCUT2D eigenvalue weighted by Crippen LogP contribution is 2.17. The molecule has 0 bridgehead atoms. The fourth-order valence-corrected chi connectivity index (χ4v) is 2.79. The van der Waals surface area contributed by atoms with Gasteiger partial charge in [0, 0.05) is 39.4 Å². The summed E-state index contributed by atoms with van der Waals surface area (Å²) in [5, 5.41) is 6.62. The maximum Gasteiger partial charge on any atom is 0.267 e. The van der Waals surface area contributed by atoms with Gasteiger partial charge in [-0.1, -0.05) is 0 Å². The highest BCUT2D eigenvalue weighted by Gasteiger charge is 2.17. The molecule has 0 aliphatic carbocycles. The summed E-state index contributed by atoms with van der Waals surface area (Å²) in [6, 6.07) is 2.90. The highest BCUT2D eigenvalue weighted by atomic mass is 16.2. The van der Waals surface area contributed by atoms with Crippen LogP contribution in [0.3, 0.4) is 0 Å². The summed E-state index contributed by atoms with van der Waals surface area (Å²) < 4.78 is 1.10. The van der Waals surface area contributed by atoms with Gasteiger partial charge in [-0.25, -0.2) is 4.68 Å². The van der Waals surface area contributed by atoms with E-state index in [2.05, 4.69) is 30.3 Å². The molecule has 0 atom stereocenters. The number of amides is 1. The van der Waals surface area contributed by atoms with E-state index in [0.29, 0.717) is 17.7 Å². The summed E-state index contributed by atoms with van der Waals surface area (Å²) in [6.07, 6.45) is 4.93. The van der Waals surface area contributed by atoms with Gasteiger partial charge in [-0.2, -0.15) is 20.1 Å². The van der Waals surface area contributed by atoms with Gasteiger partial charge in [0.15, 0.2) is 5.82 Å². The Hall–Kier alpha value is -3.04. The lowest BCUT2D eigenvalue weighted by Crippen LogP contribution is -2.34. The summed E-state index contributed by atoms with van der Waals surface area (Å²) in [6.45, 7) is 1.85. The number of carbonyl (C=O) groups excluding carboxylic acids is 1. The maximum atomic E-state index is 12.1. The predicted octanol–water partition coefficient (Wildman–Crippen LogP) is -0.199. The zero-order valence-corrected chi connectivity index (χ0v) is 15.6. The van der Waals surface area contributed by atoms with Gasteiger partial charge in [-0.15, -0.1) is 0 Å². The third-order valence-electron chi connectivity index (χ3n) is 4.22. The number of nitrogens with one attached hydrogen (secondary N) is 1. The molecule has 10 nitrogen and oxygen atoms in total. The molecular weight excluding hydrogens is 348 g/mol. The number of carbonyl (C=O) groups is 1. The molecule has 3 rings (SSSR count). The van der Waals surface area contributed by atoms with Crippen LogP contribution in [0.15, 0.2) is 23.1 Å². The summed E-state index contributed by atoms with van der Waals surface area (Å²) in [4.78, 5) is 41.2. The first-order valence-corrected chi connectivity index (χ1v) is 8.99. The minimum absolute atomic E-state index is 0.149. The van der Waals surface area contributed by atoms with Gasteiger partial charge in [-0.05, 0) is 25.3 Å². The molecule has 0 radical (unpaired) electrons. The molecule has 1 saturated heterocycles. The van der Waals surface area contributed by atoms with Crippen molar-refractivity contribution in [3.63, 3.8) is 0 Å². The number of hydrogen-bond donors (Lipinski definition) is 1. The Kier molecular flexibility index (Phi) is 5.94. The zero-order valence-electron chi connectivity index (χ0n) is 15.6. The van der Waals surface area contributed by atoms with E-state index >= 15 is 0 Å². The Labute approximate surface area is 157 Å². The van der Waals surface area contributed by atoms with Crippen LogP contribution in [-0.4, -0.2) is 57.8 Å². The van der Waals surface area contributed by atoms with E-state index in [1.54, 1.807) is 0 Å². The van der Waals surface area contributed by atoms with Crippen LogP contribution in [-0.2, 0) is 17.9 Å². The lowest BCUT2D eigenvalue weighted by molar-refractivity contribution is -0.122. The molecule has 1 amide bonds. The van der Waals surface area contributed by atoms with Gasteiger partial charge >= 0.3 is 0 Å². The molecule has 1 N–H and O–H groups in total. The van der Waals surface area contributed by atoms with Crippen molar-refractivity contribution in [3.8, 4) is 0 Å². The van der Waals surface area contributed by atoms with Gasteiger partial charge in [0.2, 0.25) is 17.8 Å². The number of piperidine rings is 1. The van der Waals surface area contributed by atoms with Crippen molar-refractivity contribution in [2.45, 2.75) is 32.4 Å². The van der Waals surface area contributed by atoms with Crippen molar-refractivity contribution < 1.29 is 4.79 Å². The van der Waals surface area contributed by atoms with E-state index in [1.807, 2.05) is 19.0 Å². The Morgan fingerprint density at radius 2 is 1.96 bits per heavy atom. The van der Waals surface area contributed by atoms with Crippen molar-refractivity contribution in [1.29, 1.82) is 0 Å². The first kappa shape index (κ1) is 18.7. The van der Waals surface area contributed by atoms with Crippen LogP contribution in [0.5, 0.6) is 0 Å². The van der Waals surface area contributed by atoms with E-state index in [9.17, 15) is 9.59 Å². The Bertz CT molecular complexity index is 845. The van der Waals surface area contributed by atoms with Crippen LogP contribution in [0.1, 0.15) is 25.1 Å². The quantitative estimate of drug-likeness (QED) is 0.743. The second-order valence-corrected chi connectivity index (χ2v) is 6.59. The third-order valence-corrected chi connectivity index (χ3v) is 4.22. The smallest absolute Gasteiger partial charge is 0.267 e. The Morgan fingerprint density at radius 1 is 1.19 bits per heavy atom. The van der Waals surface area contributed by atoms with Crippen LogP contribution in [0.25, 0.3) is 0 Å². The molecule has 1 aliphatic heterocycles. The molecule has 2 aromatic heterocycles. The van der Waals surface area contributed by atoms with E-state index in [-0.39, 0.29) is 24.6 Å². The van der Waals surface area contributed by atoms with Crippen LogP contribution in [0, 0.1) is 0 Å². The second kappa shape index (κ2) is 8.56. The molecule has 1 aliphatic rings. The summed E-state index contributed by atoms with van der Waals surface area (Å²) >= 11 is 0. The van der Waals surface area contributed by atoms with Crippen LogP contribution < -0.4 is 20.7 Å². The van der Waals surface area contributed by atoms with Gasteiger partial charge in [0.25, 0.3) is 5.56 Å². The molecule has 0 aromatic carbocycles. The van der Waals surface area contributed by atoms with E-state index in [0.717, 1.165) is 30.6 Å². The van der Waals surface area contributed by atoms with Gasteiger partial charge < -0.3 is 15.1 Å². The standard InChI is InChI=1S/C17H24N8O2/c1-23(2)16-20-13(21-17(22-16)24-9-4-3-5-10-24)11-18-14(26)12-25-15(27)7-6-8-19-25/h6-8H,3-5,9-12H2,1-2H3,(H,18,26). The molecule has 0 saturated carbocycles. The fourth-order valence-electron chi connectivity index (χ4n) is 2.79. The lowest BCUT2D eigenvalue weighted by atomic mass is 10.1. The van der Waals surface area contributed by atoms with Crippen LogP contribution >= 0.6 is 0 Å². The van der Waals surface area contributed by atoms with Gasteiger partial charge in [0.05, 0.1) is 6.54 Å². The first-order valence-electron chi connectivity index (χ1n) is 8.99. The molecule has 3 heterocycles. The molecule has 10 heteroatoms. The number of nitrogens with zero attached hydrogens (tertiary/aromatic N) is 7. The minimum atomic E-state index is -0.331. The first-order chi connectivity index (χ1) is 13.0. The normalized spacial score (nSPS) is 14.1. The SMILES string of the molecule is CN(C)c1nc(CNC(=O)Cn2ncccc2=O)nc(N2CCCCC2)n1. The molecule has 144 valence electrons. The second-order valence-electron chi connectivity index (χ2n) is 6.59. The Balaban J connectivity index is 1.69. The summed E-state index contributed by atoms with van der Waals surface area (Å²) in [5.41, 5.74) is -0.324. The van der Waals surface area contributed by atoms with Crippen molar-refractivity contribution >= 4 is 17.8 Å². The average molecular weight is 372 g/mol. The van der Waals surface area contributed by atoms with Crippen molar-refractivity contribution in [3.05, 3.63) is 34.5 Å². The Morgan fingerprint density at radius 3 is 2.67 bits per heavy atom. The van der Waals surface area contributed by atoms with E-state index in [4.69, 9.17) is 0 Å². The predicted molar refractivity (Wildman–Crippen MR) is 101 cm³/mol. The molecule has 27 heavy (non-hydrogen) atoms. The monoisotopic (exact) mass is 372 g/mol. The lowest BCUT2D eigenvalue weighted by Gasteiger charge is -2.27. The van der Waals surface area contributed by atoms with Crippen LogP contribution in [0.2, 0.25) is 0 Å². The number of rotatable bonds is 6. The third kappa shape index (κ3) is 4.99. The van der Waals surface area contributed by atoms with Gasteiger partial charge in [0.1, 0.15) is 6.54 Å². The molecule has 2 aromatic rings. The van der Waals surface area contributed by atoms with Crippen molar-refractivity contribution in [2.75, 3.05) is 37.0 Å². The van der Waals surface area contributed by atoms with Crippen molar-refractivity contribution in [2.24, 2.45) is 0 Å². The topological polar surface area (TPSA) is 109 Å². The molecule has 0 spiro atoms. The highest BCUT2D eigenvalue weighted by molar-refractivity contribution is 5.75. The molecule has 1 fully saturated rings. The minimum Gasteiger partial charge on any atom is -0.347 e. The number of anilines is 2. The largest absolute Gasteiger partial charge is 0.347 e. The number of aromatic nitrogens is 5. The van der Waals surface area contributed by atoms with E-state index < -0.39 is 0 Å². The summed E-state index contributed by atoms with van der Waals surface area (Å²) in [7, 11) is 3.73. The molecular formula is C17H24N8O2.